The van der Waals surface area contributed by atoms with E-state index in [1.807, 2.05) is 12.1 Å². The highest BCUT2D eigenvalue weighted by atomic mass is 19.4. The number of benzene rings is 3. The van der Waals surface area contributed by atoms with Crippen molar-refractivity contribution in [2.24, 2.45) is 5.73 Å². The first kappa shape index (κ1) is 27.2. The first-order valence-corrected chi connectivity index (χ1v) is 12.7. The Kier molecular flexibility index (Phi) is 7.70. The number of anilines is 1. The molecule has 0 aliphatic carbocycles. The summed E-state index contributed by atoms with van der Waals surface area (Å²) in [7, 11) is 0. The number of hydrogen-bond donors (Lipinski definition) is 3. The number of alkyl halides is 3. The average molecular weight is 513 g/mol. The maximum absolute atomic E-state index is 13.4. The molecular weight excluding hydrogens is 477 g/mol. The summed E-state index contributed by atoms with van der Waals surface area (Å²) >= 11 is 0. The quantitative estimate of drug-likeness (QED) is 0.361. The molecular formula is C30H35F3N2O2. The van der Waals surface area contributed by atoms with E-state index in [9.17, 15) is 23.4 Å². The second kappa shape index (κ2) is 10.5. The van der Waals surface area contributed by atoms with E-state index in [-0.39, 0.29) is 24.3 Å². The zero-order chi connectivity index (χ0) is 26.8. The minimum absolute atomic E-state index is 0.154. The molecule has 0 spiro atoms. The largest absolute Gasteiger partial charge is 0.417 e. The zero-order valence-corrected chi connectivity index (χ0v) is 21.4. The molecule has 0 amide bonds. The summed E-state index contributed by atoms with van der Waals surface area (Å²) in [5.74, 6) is 0. The van der Waals surface area contributed by atoms with Gasteiger partial charge in [-0.2, -0.15) is 13.2 Å². The molecule has 0 fully saturated rings. The topological polar surface area (TPSA) is 69.7 Å². The van der Waals surface area contributed by atoms with E-state index in [4.69, 9.17) is 5.73 Å². The third-order valence-corrected chi connectivity index (χ3v) is 7.72. The summed E-state index contributed by atoms with van der Waals surface area (Å²) in [4.78, 5) is 2.22. The summed E-state index contributed by atoms with van der Waals surface area (Å²) in [6, 6.07) is 19.4. The van der Waals surface area contributed by atoms with Crippen LogP contribution in [0.5, 0.6) is 0 Å². The van der Waals surface area contributed by atoms with Crippen LogP contribution >= 0.6 is 0 Å². The highest BCUT2D eigenvalue weighted by Gasteiger charge is 2.42. The summed E-state index contributed by atoms with van der Waals surface area (Å²) in [6.45, 7) is 4.08. The molecule has 1 heterocycles. The highest BCUT2D eigenvalue weighted by molar-refractivity contribution is 5.68. The summed E-state index contributed by atoms with van der Waals surface area (Å²) in [5, 5.41) is 19.5. The Bertz CT molecular complexity index is 1220. The molecule has 4 nitrogen and oxygen atoms in total. The fourth-order valence-corrected chi connectivity index (χ4v) is 5.17. The van der Waals surface area contributed by atoms with Gasteiger partial charge in [0.2, 0.25) is 0 Å². The first-order valence-electron chi connectivity index (χ1n) is 12.7. The van der Waals surface area contributed by atoms with Gasteiger partial charge in [-0.05, 0) is 72.6 Å². The molecule has 0 saturated heterocycles. The van der Waals surface area contributed by atoms with Crippen molar-refractivity contribution < 1.29 is 23.4 Å². The van der Waals surface area contributed by atoms with Crippen molar-refractivity contribution in [2.45, 2.75) is 56.8 Å². The van der Waals surface area contributed by atoms with Crippen molar-refractivity contribution >= 4 is 5.69 Å². The molecule has 198 valence electrons. The lowest BCUT2D eigenvalue weighted by molar-refractivity contribution is -0.137. The van der Waals surface area contributed by atoms with Gasteiger partial charge in [0, 0.05) is 17.8 Å². The minimum atomic E-state index is -4.39. The molecule has 37 heavy (non-hydrogen) atoms. The summed E-state index contributed by atoms with van der Waals surface area (Å²) in [5.41, 5.74) is 9.66. The summed E-state index contributed by atoms with van der Waals surface area (Å²) < 4.78 is 40.2. The van der Waals surface area contributed by atoms with Gasteiger partial charge in [-0.25, -0.2) is 0 Å². The number of fused-ring (bicyclic) bond motifs is 1. The third kappa shape index (κ3) is 5.69. The molecule has 1 unspecified atom stereocenters. The SMILES string of the molecule is CCC1(C)Cc2cc(CCc3ccc(-c4ccccc4C(F)(F)F)cc3)ccc2N1CC(N)(CO)CO. The smallest absolute Gasteiger partial charge is 0.394 e. The Balaban J connectivity index is 1.48. The molecule has 0 bridgehead atoms. The van der Waals surface area contributed by atoms with Crippen LogP contribution in [0.4, 0.5) is 18.9 Å². The van der Waals surface area contributed by atoms with Crippen molar-refractivity contribution in [3.8, 4) is 11.1 Å². The number of aryl methyl sites for hydroxylation is 2. The summed E-state index contributed by atoms with van der Waals surface area (Å²) in [6.07, 6.45) is -1.06. The van der Waals surface area contributed by atoms with Gasteiger partial charge in [-0.15, -0.1) is 0 Å². The Morgan fingerprint density at radius 3 is 2.16 bits per heavy atom. The third-order valence-electron chi connectivity index (χ3n) is 7.72. The maximum atomic E-state index is 13.4. The number of halogens is 3. The van der Waals surface area contributed by atoms with Gasteiger partial charge < -0.3 is 20.8 Å². The van der Waals surface area contributed by atoms with Crippen LogP contribution in [0.2, 0.25) is 0 Å². The van der Waals surface area contributed by atoms with Crippen molar-refractivity contribution in [3.63, 3.8) is 0 Å². The lowest BCUT2D eigenvalue weighted by atomic mass is 9.91. The van der Waals surface area contributed by atoms with Gasteiger partial charge in [0.15, 0.2) is 0 Å². The van der Waals surface area contributed by atoms with E-state index >= 15 is 0 Å². The van der Waals surface area contributed by atoms with E-state index in [0.29, 0.717) is 12.1 Å². The Labute approximate surface area is 216 Å². The van der Waals surface area contributed by atoms with E-state index < -0.39 is 17.3 Å². The molecule has 0 saturated carbocycles. The second-order valence-corrected chi connectivity index (χ2v) is 10.5. The number of nitrogens with two attached hydrogens (primary N) is 1. The van der Waals surface area contributed by atoms with Crippen molar-refractivity contribution in [1.82, 2.24) is 0 Å². The van der Waals surface area contributed by atoms with Crippen LogP contribution in [0.1, 0.15) is 42.5 Å². The number of rotatable bonds is 9. The fourth-order valence-electron chi connectivity index (χ4n) is 5.17. The van der Waals surface area contributed by atoms with Crippen LogP contribution < -0.4 is 10.6 Å². The number of hydrogen-bond acceptors (Lipinski definition) is 4. The van der Waals surface area contributed by atoms with Crippen LogP contribution in [-0.2, 0) is 25.4 Å². The maximum Gasteiger partial charge on any atom is 0.417 e. The lowest BCUT2D eigenvalue weighted by Gasteiger charge is -2.41. The van der Waals surface area contributed by atoms with E-state index in [2.05, 4.69) is 36.9 Å². The Hall–Kier alpha value is -2.87. The first-order chi connectivity index (χ1) is 17.5. The van der Waals surface area contributed by atoms with Crippen LogP contribution in [0.3, 0.4) is 0 Å². The molecule has 1 aliphatic rings. The van der Waals surface area contributed by atoms with Crippen LogP contribution in [0.15, 0.2) is 66.7 Å². The second-order valence-electron chi connectivity index (χ2n) is 10.5. The van der Waals surface area contributed by atoms with Crippen molar-refractivity contribution in [3.05, 3.63) is 89.0 Å². The predicted molar refractivity (Wildman–Crippen MR) is 142 cm³/mol. The minimum Gasteiger partial charge on any atom is -0.394 e. The number of aliphatic hydroxyl groups excluding tert-OH is 2. The Morgan fingerprint density at radius 2 is 1.54 bits per heavy atom. The van der Waals surface area contributed by atoms with Crippen molar-refractivity contribution in [1.29, 1.82) is 0 Å². The number of aliphatic hydroxyl groups is 2. The van der Waals surface area contributed by atoms with Crippen LogP contribution in [0, 0.1) is 0 Å². The van der Waals surface area contributed by atoms with Gasteiger partial charge in [0.25, 0.3) is 0 Å². The van der Waals surface area contributed by atoms with Crippen LogP contribution in [-0.4, -0.2) is 41.0 Å². The molecule has 0 aromatic heterocycles. The van der Waals surface area contributed by atoms with Gasteiger partial charge in [-0.3, -0.25) is 0 Å². The average Bonchev–Trinajstić information content (AvgIpc) is 3.17. The molecule has 1 aliphatic heterocycles. The van der Waals surface area contributed by atoms with Gasteiger partial charge in [0.1, 0.15) is 0 Å². The Morgan fingerprint density at radius 1 is 0.919 bits per heavy atom. The lowest BCUT2D eigenvalue weighted by Crippen LogP contribution is -2.59. The van der Waals surface area contributed by atoms with Gasteiger partial charge in [0.05, 0.1) is 24.3 Å². The van der Waals surface area contributed by atoms with Crippen molar-refractivity contribution in [2.75, 3.05) is 24.7 Å². The molecule has 7 heteroatoms. The van der Waals surface area contributed by atoms with Gasteiger partial charge >= 0.3 is 6.18 Å². The number of nitrogens with zero attached hydrogens (tertiary/aromatic N) is 1. The highest BCUT2D eigenvalue weighted by Crippen LogP contribution is 2.42. The van der Waals surface area contributed by atoms with Crippen LogP contribution in [0.25, 0.3) is 11.1 Å². The standard InChI is InChI=1S/C30H35F3N2O2/c1-3-28(2)17-24-16-22(12-15-27(24)35(28)18-29(34,19-36)20-37)9-8-21-10-13-23(14-11-21)25-6-4-5-7-26(25)30(31,32)33/h4-7,10-16,36-37H,3,8-9,17-20,34H2,1-2H3. The normalized spacial score (nSPS) is 17.8. The van der Waals surface area contributed by atoms with E-state index in [1.165, 1.54) is 23.3 Å². The fraction of sp³-hybridized carbons (Fsp3) is 0.400. The molecule has 4 N–H and O–H groups in total. The molecule has 3 aromatic carbocycles. The van der Waals surface area contributed by atoms with Gasteiger partial charge in [-0.1, -0.05) is 61.5 Å². The zero-order valence-electron chi connectivity index (χ0n) is 21.4. The molecule has 1 atom stereocenters. The molecule has 3 aromatic rings. The predicted octanol–water partition coefficient (Wildman–Crippen LogP) is 5.37. The monoisotopic (exact) mass is 512 g/mol. The molecule has 4 rings (SSSR count). The molecule has 0 radical (unpaired) electrons. The van der Waals surface area contributed by atoms with E-state index in [0.717, 1.165) is 43.0 Å². The van der Waals surface area contributed by atoms with E-state index in [1.54, 1.807) is 18.2 Å².